The maximum absolute atomic E-state index is 13.0. The molecular weight excluding hydrogens is 391 g/mol. The van der Waals surface area contributed by atoms with E-state index in [1.165, 1.54) is 12.1 Å². The monoisotopic (exact) mass is 414 g/mol. The average molecular weight is 415 g/mol. The van der Waals surface area contributed by atoms with Crippen molar-refractivity contribution >= 4 is 18.4 Å². The molecular formula is C21H23FN4O2S. The Labute approximate surface area is 174 Å². The highest BCUT2D eigenvalue weighted by Crippen LogP contribution is 2.28. The molecule has 1 N–H and O–H groups in total. The van der Waals surface area contributed by atoms with Crippen molar-refractivity contribution in [1.82, 2.24) is 14.9 Å². The molecule has 0 aliphatic rings. The summed E-state index contributed by atoms with van der Waals surface area (Å²) < 4.78 is 26.3. The van der Waals surface area contributed by atoms with Gasteiger partial charge < -0.3 is 9.47 Å². The Morgan fingerprint density at radius 1 is 1.17 bits per heavy atom. The molecule has 2 aromatic carbocycles. The van der Waals surface area contributed by atoms with Gasteiger partial charge in [-0.1, -0.05) is 32.9 Å². The van der Waals surface area contributed by atoms with Crippen LogP contribution in [-0.2, 0) is 12.0 Å². The Balaban J connectivity index is 1.79. The van der Waals surface area contributed by atoms with Crippen molar-refractivity contribution in [2.45, 2.75) is 32.8 Å². The van der Waals surface area contributed by atoms with Gasteiger partial charge in [0.2, 0.25) is 4.77 Å². The molecule has 0 bridgehead atoms. The summed E-state index contributed by atoms with van der Waals surface area (Å²) in [5.41, 5.74) is 1.47. The van der Waals surface area contributed by atoms with Crippen LogP contribution in [0.15, 0.2) is 47.6 Å². The lowest BCUT2D eigenvalue weighted by molar-refractivity contribution is 0.284. The number of ether oxygens (including phenoxy) is 2. The zero-order chi connectivity index (χ0) is 21.0. The Morgan fingerprint density at radius 3 is 2.55 bits per heavy atom. The Bertz CT molecular complexity index is 1070. The fourth-order valence-electron chi connectivity index (χ4n) is 2.63. The molecule has 1 aromatic heterocycles. The molecule has 0 unspecified atom stereocenters. The molecule has 0 saturated carbocycles. The molecule has 0 aliphatic carbocycles. The van der Waals surface area contributed by atoms with Gasteiger partial charge in [-0.3, -0.25) is 5.10 Å². The van der Waals surface area contributed by atoms with E-state index in [4.69, 9.17) is 21.7 Å². The molecule has 0 fully saturated rings. The number of H-pyrrole nitrogens is 1. The highest BCUT2D eigenvalue weighted by Gasteiger charge is 2.21. The Morgan fingerprint density at radius 2 is 1.90 bits per heavy atom. The molecule has 6 nitrogen and oxygen atoms in total. The van der Waals surface area contributed by atoms with E-state index >= 15 is 0 Å². The van der Waals surface area contributed by atoms with E-state index in [9.17, 15) is 4.39 Å². The molecule has 0 spiro atoms. The molecule has 8 heteroatoms. The molecule has 0 atom stereocenters. The minimum atomic E-state index is -0.276. The third-order valence-corrected chi connectivity index (χ3v) is 4.40. The van der Waals surface area contributed by atoms with Crippen LogP contribution < -0.4 is 9.47 Å². The smallest absolute Gasteiger partial charge is 0.216 e. The number of nitrogens with one attached hydrogen (secondary N) is 1. The van der Waals surface area contributed by atoms with Gasteiger partial charge in [-0.25, -0.2) is 4.39 Å². The van der Waals surface area contributed by atoms with Crippen molar-refractivity contribution in [3.05, 3.63) is 70.0 Å². The van der Waals surface area contributed by atoms with Crippen LogP contribution in [-0.4, -0.2) is 28.2 Å². The first kappa shape index (κ1) is 20.7. The molecule has 3 rings (SSSR count). The van der Waals surface area contributed by atoms with E-state index in [0.29, 0.717) is 22.9 Å². The van der Waals surface area contributed by atoms with Crippen LogP contribution in [0, 0.1) is 10.6 Å². The van der Waals surface area contributed by atoms with Gasteiger partial charge >= 0.3 is 0 Å². The first-order chi connectivity index (χ1) is 13.8. The maximum atomic E-state index is 13.0. The van der Waals surface area contributed by atoms with Gasteiger partial charge in [-0.05, 0) is 53.7 Å². The van der Waals surface area contributed by atoms with Crippen molar-refractivity contribution in [2.75, 3.05) is 7.11 Å². The topological polar surface area (TPSA) is 64.4 Å². The molecule has 3 aromatic rings. The van der Waals surface area contributed by atoms with E-state index in [1.807, 2.05) is 39.0 Å². The van der Waals surface area contributed by atoms with Crippen molar-refractivity contribution in [3.63, 3.8) is 0 Å². The third kappa shape index (κ3) is 5.08. The zero-order valence-corrected chi connectivity index (χ0v) is 17.6. The number of hydrogen-bond acceptors (Lipinski definition) is 5. The lowest BCUT2D eigenvalue weighted by atomic mass is 9.96. The van der Waals surface area contributed by atoms with Crippen LogP contribution in [0.2, 0.25) is 0 Å². The molecule has 0 radical (unpaired) electrons. The van der Waals surface area contributed by atoms with E-state index in [1.54, 1.807) is 30.1 Å². The zero-order valence-electron chi connectivity index (χ0n) is 16.8. The standard InChI is InChI=1S/C21H23FN4O2S/c1-21(2,3)19-24-25-20(29)26(19)23-12-15-7-10-17(18(11-15)27-4)28-13-14-5-8-16(22)9-6-14/h5-12H,13H2,1-4H3,(H,25,29)/b23-12-. The van der Waals surface area contributed by atoms with Crippen molar-refractivity contribution in [3.8, 4) is 11.5 Å². The summed E-state index contributed by atoms with van der Waals surface area (Å²) in [6.45, 7) is 6.43. The molecule has 1 heterocycles. The highest BCUT2D eigenvalue weighted by molar-refractivity contribution is 7.71. The normalized spacial score (nSPS) is 11.8. The molecule has 29 heavy (non-hydrogen) atoms. The Kier molecular flexibility index (Phi) is 6.12. The summed E-state index contributed by atoms with van der Waals surface area (Å²) in [6.07, 6.45) is 1.69. The fourth-order valence-corrected chi connectivity index (χ4v) is 2.81. The summed E-state index contributed by atoms with van der Waals surface area (Å²) in [6, 6.07) is 11.7. The van der Waals surface area contributed by atoms with Crippen molar-refractivity contribution in [1.29, 1.82) is 0 Å². The van der Waals surface area contributed by atoms with Gasteiger partial charge in [0.15, 0.2) is 17.3 Å². The molecule has 152 valence electrons. The summed E-state index contributed by atoms with van der Waals surface area (Å²) >= 11 is 5.28. The summed E-state index contributed by atoms with van der Waals surface area (Å²) in [5, 5.41) is 11.5. The van der Waals surface area contributed by atoms with Gasteiger partial charge in [-0.2, -0.15) is 14.9 Å². The number of nitrogens with zero attached hydrogens (tertiary/aromatic N) is 3. The number of aromatic amines is 1. The summed E-state index contributed by atoms with van der Waals surface area (Å²) in [7, 11) is 1.57. The average Bonchev–Trinajstić information content (AvgIpc) is 3.07. The maximum Gasteiger partial charge on any atom is 0.216 e. The second kappa shape index (κ2) is 8.57. The molecule has 0 saturated heterocycles. The highest BCUT2D eigenvalue weighted by atomic mass is 32.1. The minimum absolute atomic E-state index is 0.208. The van der Waals surface area contributed by atoms with E-state index in [2.05, 4.69) is 15.3 Å². The van der Waals surface area contributed by atoms with E-state index in [0.717, 1.165) is 17.0 Å². The van der Waals surface area contributed by atoms with Crippen molar-refractivity contribution in [2.24, 2.45) is 5.10 Å². The van der Waals surface area contributed by atoms with Crippen LogP contribution in [0.5, 0.6) is 11.5 Å². The summed E-state index contributed by atoms with van der Waals surface area (Å²) in [5.74, 6) is 1.62. The van der Waals surface area contributed by atoms with Gasteiger partial charge in [0.25, 0.3) is 0 Å². The number of hydrogen-bond donors (Lipinski definition) is 1. The predicted octanol–water partition coefficient (Wildman–Crippen LogP) is 4.85. The SMILES string of the molecule is COc1cc(/C=N\n2c(C(C)(C)C)n[nH]c2=S)ccc1OCc1ccc(F)cc1. The van der Waals surface area contributed by atoms with Crippen LogP contribution in [0.4, 0.5) is 4.39 Å². The number of rotatable bonds is 6. The first-order valence-corrected chi connectivity index (χ1v) is 9.46. The molecule has 0 amide bonds. The largest absolute Gasteiger partial charge is 0.493 e. The van der Waals surface area contributed by atoms with Gasteiger partial charge in [0.05, 0.1) is 13.3 Å². The van der Waals surface area contributed by atoms with Crippen LogP contribution in [0.1, 0.15) is 37.7 Å². The first-order valence-electron chi connectivity index (χ1n) is 9.05. The lowest BCUT2D eigenvalue weighted by Crippen LogP contribution is -2.17. The molecule has 0 aliphatic heterocycles. The van der Waals surface area contributed by atoms with E-state index < -0.39 is 0 Å². The predicted molar refractivity (Wildman–Crippen MR) is 113 cm³/mol. The summed E-state index contributed by atoms with van der Waals surface area (Å²) in [4.78, 5) is 0. The fraction of sp³-hybridized carbons (Fsp3) is 0.286. The van der Waals surface area contributed by atoms with Crippen LogP contribution >= 0.6 is 12.2 Å². The van der Waals surface area contributed by atoms with Gasteiger partial charge in [0, 0.05) is 5.41 Å². The second-order valence-electron chi connectivity index (χ2n) is 7.48. The number of halogens is 1. The quantitative estimate of drug-likeness (QED) is 0.463. The number of benzene rings is 2. The van der Waals surface area contributed by atoms with Crippen molar-refractivity contribution < 1.29 is 13.9 Å². The number of methoxy groups -OCH3 is 1. The second-order valence-corrected chi connectivity index (χ2v) is 7.87. The number of aromatic nitrogens is 3. The van der Waals surface area contributed by atoms with Gasteiger partial charge in [0.1, 0.15) is 12.4 Å². The van der Waals surface area contributed by atoms with Crippen LogP contribution in [0.3, 0.4) is 0 Å². The van der Waals surface area contributed by atoms with E-state index in [-0.39, 0.29) is 11.2 Å². The van der Waals surface area contributed by atoms with Crippen LogP contribution in [0.25, 0.3) is 0 Å². The van der Waals surface area contributed by atoms with Gasteiger partial charge in [-0.15, -0.1) is 0 Å². The lowest BCUT2D eigenvalue weighted by Gasteiger charge is -2.15. The third-order valence-electron chi connectivity index (χ3n) is 4.14. The Hall–Kier alpha value is -3.00. The minimum Gasteiger partial charge on any atom is -0.493 e.